The molecule has 0 spiro atoms. The molecular formula is C13H12FN3O2S. The Morgan fingerprint density at radius 1 is 1.40 bits per heavy atom. The number of carboxylic acid groups (broad SMARTS) is 1. The molecule has 104 valence electrons. The molecule has 0 amide bonds. The maximum Gasteiger partial charge on any atom is 0.321 e. The number of halogens is 1. The number of aromatic amines is 1. The standard InChI is InChI=1S/C13H12FN3O2S/c14-8-3-1-7(2-4-8)11-9(5-15-17-11)12-16-10(6-20-12)13(18)19/h1-5,10,12,16H,6H2,(H,15,17)(H,18,19)/t10-,12-/m0/s1. The Kier molecular flexibility index (Phi) is 3.45. The minimum atomic E-state index is -0.855. The Hall–Kier alpha value is -1.86. The lowest BCUT2D eigenvalue weighted by atomic mass is 10.1. The van der Waals surface area contributed by atoms with Crippen molar-refractivity contribution >= 4 is 17.7 Å². The summed E-state index contributed by atoms with van der Waals surface area (Å²) in [6.07, 6.45) is 1.67. The maximum atomic E-state index is 13.0. The molecule has 2 heterocycles. The number of rotatable bonds is 3. The van der Waals surface area contributed by atoms with Gasteiger partial charge in [0, 0.05) is 16.9 Å². The van der Waals surface area contributed by atoms with E-state index in [2.05, 4.69) is 15.5 Å². The summed E-state index contributed by atoms with van der Waals surface area (Å²) in [6, 6.07) is 5.55. The van der Waals surface area contributed by atoms with Crippen LogP contribution in [0.25, 0.3) is 11.3 Å². The average Bonchev–Trinajstić information content (AvgIpc) is 3.08. The number of aromatic nitrogens is 2. The monoisotopic (exact) mass is 293 g/mol. The van der Waals surface area contributed by atoms with E-state index in [4.69, 9.17) is 5.11 Å². The van der Waals surface area contributed by atoms with E-state index in [9.17, 15) is 9.18 Å². The molecule has 0 saturated carbocycles. The van der Waals surface area contributed by atoms with Gasteiger partial charge in [0.15, 0.2) is 0 Å². The molecule has 1 fully saturated rings. The van der Waals surface area contributed by atoms with Crippen molar-refractivity contribution in [2.24, 2.45) is 0 Å². The van der Waals surface area contributed by atoms with E-state index in [0.717, 1.165) is 16.8 Å². The van der Waals surface area contributed by atoms with E-state index in [1.54, 1.807) is 18.3 Å². The van der Waals surface area contributed by atoms with Crippen molar-refractivity contribution in [3.63, 3.8) is 0 Å². The molecule has 5 nitrogen and oxygen atoms in total. The summed E-state index contributed by atoms with van der Waals surface area (Å²) in [5.41, 5.74) is 2.48. The first-order valence-corrected chi connectivity index (χ1v) is 7.09. The first-order valence-electron chi connectivity index (χ1n) is 6.05. The van der Waals surface area contributed by atoms with Crippen LogP contribution in [0.5, 0.6) is 0 Å². The van der Waals surface area contributed by atoms with Crippen LogP contribution in [0.2, 0.25) is 0 Å². The molecule has 2 aromatic rings. The first-order chi connectivity index (χ1) is 9.65. The molecule has 1 aliphatic rings. The van der Waals surface area contributed by atoms with Gasteiger partial charge in [0.1, 0.15) is 11.9 Å². The van der Waals surface area contributed by atoms with Crippen molar-refractivity contribution in [2.45, 2.75) is 11.4 Å². The summed E-state index contributed by atoms with van der Waals surface area (Å²) in [6.45, 7) is 0. The number of H-pyrrole nitrogens is 1. The molecule has 0 aliphatic carbocycles. The molecule has 20 heavy (non-hydrogen) atoms. The molecule has 1 aromatic carbocycles. The minimum absolute atomic E-state index is 0.130. The Morgan fingerprint density at radius 3 is 2.80 bits per heavy atom. The second-order valence-electron chi connectivity index (χ2n) is 4.48. The fourth-order valence-electron chi connectivity index (χ4n) is 2.14. The number of nitrogens with one attached hydrogen (secondary N) is 2. The van der Waals surface area contributed by atoms with E-state index in [1.165, 1.54) is 23.9 Å². The third-order valence-electron chi connectivity index (χ3n) is 3.16. The molecule has 0 bridgehead atoms. The van der Waals surface area contributed by atoms with Gasteiger partial charge < -0.3 is 5.11 Å². The highest BCUT2D eigenvalue weighted by Gasteiger charge is 2.32. The fraction of sp³-hybridized carbons (Fsp3) is 0.231. The van der Waals surface area contributed by atoms with Crippen LogP contribution in [0.3, 0.4) is 0 Å². The number of hydrogen-bond acceptors (Lipinski definition) is 4. The van der Waals surface area contributed by atoms with Crippen LogP contribution < -0.4 is 5.32 Å². The third kappa shape index (κ3) is 2.41. The van der Waals surface area contributed by atoms with Crippen LogP contribution in [0.15, 0.2) is 30.5 Å². The van der Waals surface area contributed by atoms with Crippen molar-refractivity contribution in [1.82, 2.24) is 15.5 Å². The second-order valence-corrected chi connectivity index (χ2v) is 5.62. The molecule has 1 aromatic heterocycles. The van der Waals surface area contributed by atoms with Crippen LogP contribution >= 0.6 is 11.8 Å². The molecule has 1 saturated heterocycles. The van der Waals surface area contributed by atoms with E-state index in [0.29, 0.717) is 5.75 Å². The van der Waals surface area contributed by atoms with Gasteiger partial charge in [-0.1, -0.05) is 0 Å². The molecule has 0 radical (unpaired) electrons. The molecule has 3 rings (SSSR count). The van der Waals surface area contributed by atoms with Gasteiger partial charge in [-0.2, -0.15) is 5.10 Å². The van der Waals surface area contributed by atoms with Crippen molar-refractivity contribution in [2.75, 3.05) is 5.75 Å². The van der Waals surface area contributed by atoms with Gasteiger partial charge >= 0.3 is 5.97 Å². The van der Waals surface area contributed by atoms with Crippen molar-refractivity contribution in [3.8, 4) is 11.3 Å². The first kappa shape index (κ1) is 13.1. The number of hydrogen-bond donors (Lipinski definition) is 3. The Morgan fingerprint density at radius 2 is 2.15 bits per heavy atom. The van der Waals surface area contributed by atoms with E-state index in [-0.39, 0.29) is 11.2 Å². The number of benzene rings is 1. The van der Waals surface area contributed by atoms with Gasteiger partial charge in [0.05, 0.1) is 17.3 Å². The summed E-state index contributed by atoms with van der Waals surface area (Å²) < 4.78 is 13.0. The molecule has 7 heteroatoms. The summed E-state index contributed by atoms with van der Waals surface area (Å²) in [5.74, 6) is -0.644. The summed E-state index contributed by atoms with van der Waals surface area (Å²) in [5, 5.41) is 18.8. The summed E-state index contributed by atoms with van der Waals surface area (Å²) in [7, 11) is 0. The second kappa shape index (κ2) is 5.26. The largest absolute Gasteiger partial charge is 0.480 e. The van der Waals surface area contributed by atoms with E-state index >= 15 is 0 Å². The van der Waals surface area contributed by atoms with Crippen LogP contribution in [-0.4, -0.2) is 33.1 Å². The quantitative estimate of drug-likeness (QED) is 0.807. The normalized spacial score (nSPS) is 22.1. The van der Waals surface area contributed by atoms with Crippen molar-refractivity contribution in [1.29, 1.82) is 0 Å². The minimum Gasteiger partial charge on any atom is -0.480 e. The van der Waals surface area contributed by atoms with Gasteiger partial charge in [0.25, 0.3) is 0 Å². The Balaban J connectivity index is 1.87. The highest BCUT2D eigenvalue weighted by molar-refractivity contribution is 7.99. The number of carbonyl (C=O) groups is 1. The van der Waals surface area contributed by atoms with Crippen LogP contribution in [0.4, 0.5) is 4.39 Å². The van der Waals surface area contributed by atoms with Gasteiger partial charge in [-0.05, 0) is 24.3 Å². The highest BCUT2D eigenvalue weighted by atomic mass is 32.2. The fourth-order valence-corrected chi connectivity index (χ4v) is 3.38. The number of aliphatic carboxylic acids is 1. The predicted molar refractivity (Wildman–Crippen MR) is 73.7 cm³/mol. The molecular weight excluding hydrogens is 281 g/mol. The Labute approximate surface area is 118 Å². The predicted octanol–water partition coefficient (Wildman–Crippen LogP) is 2.00. The lowest BCUT2D eigenvalue weighted by molar-refractivity contribution is -0.138. The SMILES string of the molecule is O=C(O)[C@@H]1CS[C@@H](c2cn[nH]c2-c2ccc(F)cc2)N1. The van der Waals surface area contributed by atoms with Crippen LogP contribution in [-0.2, 0) is 4.79 Å². The van der Waals surface area contributed by atoms with Gasteiger partial charge in [0.2, 0.25) is 0 Å². The summed E-state index contributed by atoms with van der Waals surface area (Å²) in [4.78, 5) is 11.0. The topological polar surface area (TPSA) is 78.0 Å². The molecule has 3 N–H and O–H groups in total. The van der Waals surface area contributed by atoms with Crippen molar-refractivity contribution in [3.05, 3.63) is 41.8 Å². The van der Waals surface area contributed by atoms with E-state index < -0.39 is 12.0 Å². The van der Waals surface area contributed by atoms with Crippen LogP contribution in [0.1, 0.15) is 10.9 Å². The highest BCUT2D eigenvalue weighted by Crippen LogP contribution is 2.37. The summed E-state index contributed by atoms with van der Waals surface area (Å²) >= 11 is 1.52. The average molecular weight is 293 g/mol. The van der Waals surface area contributed by atoms with Crippen molar-refractivity contribution < 1.29 is 14.3 Å². The third-order valence-corrected chi connectivity index (χ3v) is 4.41. The lowest BCUT2D eigenvalue weighted by Gasteiger charge is -2.11. The van der Waals surface area contributed by atoms with Crippen LogP contribution in [0, 0.1) is 5.82 Å². The maximum absolute atomic E-state index is 13.0. The molecule has 2 atom stereocenters. The smallest absolute Gasteiger partial charge is 0.321 e. The van der Waals surface area contributed by atoms with E-state index in [1.807, 2.05) is 0 Å². The lowest BCUT2D eigenvalue weighted by Crippen LogP contribution is -2.33. The van der Waals surface area contributed by atoms with Gasteiger partial charge in [-0.3, -0.25) is 15.2 Å². The molecule has 1 aliphatic heterocycles. The number of thioether (sulfide) groups is 1. The number of carboxylic acids is 1. The molecule has 0 unspecified atom stereocenters. The van der Waals surface area contributed by atoms with Gasteiger partial charge in [-0.15, -0.1) is 11.8 Å². The zero-order chi connectivity index (χ0) is 14.1. The Bertz CT molecular complexity index is 629. The van der Waals surface area contributed by atoms with Gasteiger partial charge in [-0.25, -0.2) is 4.39 Å². The zero-order valence-electron chi connectivity index (χ0n) is 10.3. The zero-order valence-corrected chi connectivity index (χ0v) is 11.2. The number of nitrogens with zero attached hydrogens (tertiary/aromatic N) is 1.